The van der Waals surface area contributed by atoms with Gasteiger partial charge in [-0.3, -0.25) is 0 Å². The van der Waals surface area contributed by atoms with Gasteiger partial charge in [0.05, 0.1) is 5.75 Å². The van der Waals surface area contributed by atoms with E-state index < -0.39 is 34.8 Å². The van der Waals surface area contributed by atoms with Crippen molar-refractivity contribution in [3.05, 3.63) is 0 Å². The topological polar surface area (TPSA) is 37.4 Å². The van der Waals surface area contributed by atoms with E-state index >= 15 is 0 Å². The minimum absolute atomic E-state index is 0.193. The SMILES string of the molecule is O=S(=O)(CCCC(F)(F)F)N1CCCC1CCl. The van der Waals surface area contributed by atoms with Gasteiger partial charge in [0.15, 0.2) is 0 Å². The molecule has 0 aromatic heterocycles. The Morgan fingerprint density at radius 3 is 2.53 bits per heavy atom. The Bertz CT molecular complexity index is 345. The van der Waals surface area contributed by atoms with Gasteiger partial charge < -0.3 is 0 Å². The Hall–Kier alpha value is -0.0100. The van der Waals surface area contributed by atoms with Crippen molar-refractivity contribution >= 4 is 21.6 Å². The van der Waals surface area contributed by atoms with Crippen LogP contribution in [0.3, 0.4) is 0 Å². The van der Waals surface area contributed by atoms with Crippen LogP contribution in [-0.4, -0.2) is 43.1 Å². The van der Waals surface area contributed by atoms with Gasteiger partial charge in [0, 0.05) is 24.9 Å². The van der Waals surface area contributed by atoms with Crippen molar-refractivity contribution in [2.75, 3.05) is 18.2 Å². The zero-order chi connectivity index (χ0) is 13.1. The largest absolute Gasteiger partial charge is 0.389 e. The van der Waals surface area contributed by atoms with Crippen LogP contribution in [0.4, 0.5) is 13.2 Å². The molecule has 0 aromatic rings. The van der Waals surface area contributed by atoms with Crippen LogP contribution in [0.1, 0.15) is 25.7 Å². The van der Waals surface area contributed by atoms with Crippen LogP contribution >= 0.6 is 11.6 Å². The van der Waals surface area contributed by atoms with Crippen LogP contribution in [0.15, 0.2) is 0 Å². The van der Waals surface area contributed by atoms with Gasteiger partial charge in [-0.05, 0) is 19.3 Å². The summed E-state index contributed by atoms with van der Waals surface area (Å²) < 4.78 is 60.6. The predicted octanol–water partition coefficient (Wildman–Crippen LogP) is 2.36. The van der Waals surface area contributed by atoms with E-state index in [1.54, 1.807) is 0 Å². The number of halogens is 4. The lowest BCUT2D eigenvalue weighted by molar-refractivity contribution is -0.134. The Kier molecular flexibility index (Phi) is 5.09. The maximum atomic E-state index is 11.9. The molecule has 0 radical (unpaired) electrons. The first-order valence-corrected chi connectivity index (χ1v) is 7.53. The van der Waals surface area contributed by atoms with Gasteiger partial charge in [0.1, 0.15) is 0 Å². The van der Waals surface area contributed by atoms with Gasteiger partial charge in [-0.1, -0.05) is 0 Å². The van der Waals surface area contributed by atoms with Crippen molar-refractivity contribution < 1.29 is 21.6 Å². The smallest absolute Gasteiger partial charge is 0.212 e. The summed E-state index contributed by atoms with van der Waals surface area (Å²) in [5.74, 6) is -0.265. The van der Waals surface area contributed by atoms with Crippen LogP contribution in [0.2, 0.25) is 0 Å². The summed E-state index contributed by atoms with van der Waals surface area (Å²) in [7, 11) is -3.59. The molecule has 1 heterocycles. The molecule has 1 rings (SSSR count). The van der Waals surface area contributed by atoms with Crippen molar-refractivity contribution in [1.29, 1.82) is 0 Å². The quantitative estimate of drug-likeness (QED) is 0.730. The van der Waals surface area contributed by atoms with Crippen LogP contribution in [0.5, 0.6) is 0 Å². The third-order valence-corrected chi connectivity index (χ3v) is 5.08. The number of sulfonamides is 1. The molecule has 102 valence electrons. The normalized spacial score (nSPS) is 23.2. The molecule has 0 saturated carbocycles. The molecular formula is C9H15ClF3NO2S. The summed E-state index contributed by atoms with van der Waals surface area (Å²) in [4.78, 5) is 0. The summed E-state index contributed by atoms with van der Waals surface area (Å²) >= 11 is 5.63. The molecule has 0 N–H and O–H groups in total. The van der Waals surface area contributed by atoms with E-state index in [4.69, 9.17) is 11.6 Å². The fraction of sp³-hybridized carbons (Fsp3) is 1.00. The molecule has 0 aromatic carbocycles. The van der Waals surface area contributed by atoms with E-state index in [-0.39, 0.29) is 11.9 Å². The molecule has 3 nitrogen and oxygen atoms in total. The molecule has 0 spiro atoms. The average Bonchev–Trinajstić information content (AvgIpc) is 2.63. The first kappa shape index (κ1) is 15.0. The van der Waals surface area contributed by atoms with E-state index in [9.17, 15) is 21.6 Å². The molecule has 1 aliphatic heterocycles. The lowest BCUT2D eigenvalue weighted by Crippen LogP contribution is -2.38. The zero-order valence-corrected chi connectivity index (χ0v) is 10.8. The predicted molar refractivity (Wildman–Crippen MR) is 59.5 cm³/mol. The van der Waals surface area contributed by atoms with E-state index in [1.807, 2.05) is 0 Å². The van der Waals surface area contributed by atoms with E-state index in [0.29, 0.717) is 13.0 Å². The molecule has 0 amide bonds. The van der Waals surface area contributed by atoms with Gasteiger partial charge in [-0.2, -0.15) is 17.5 Å². The van der Waals surface area contributed by atoms with E-state index in [2.05, 4.69) is 0 Å². The highest BCUT2D eigenvalue weighted by Gasteiger charge is 2.34. The molecule has 1 unspecified atom stereocenters. The Morgan fingerprint density at radius 2 is 2.00 bits per heavy atom. The maximum absolute atomic E-state index is 11.9. The average molecular weight is 294 g/mol. The first-order chi connectivity index (χ1) is 7.76. The number of hydrogen-bond donors (Lipinski definition) is 0. The number of hydrogen-bond acceptors (Lipinski definition) is 2. The summed E-state index contributed by atoms with van der Waals surface area (Å²) in [5, 5.41) is 0. The fourth-order valence-electron chi connectivity index (χ4n) is 1.90. The molecule has 8 heteroatoms. The number of nitrogens with zero attached hydrogens (tertiary/aromatic N) is 1. The second-order valence-electron chi connectivity index (χ2n) is 4.10. The van der Waals surface area contributed by atoms with Crippen molar-refractivity contribution in [3.63, 3.8) is 0 Å². The number of alkyl halides is 4. The molecule has 0 bridgehead atoms. The fourth-order valence-corrected chi connectivity index (χ4v) is 4.09. The monoisotopic (exact) mass is 293 g/mol. The van der Waals surface area contributed by atoms with Crippen LogP contribution in [-0.2, 0) is 10.0 Å². The molecule has 1 fully saturated rings. The maximum Gasteiger partial charge on any atom is 0.389 e. The van der Waals surface area contributed by atoms with E-state index in [0.717, 1.165) is 6.42 Å². The highest BCUT2D eigenvalue weighted by molar-refractivity contribution is 7.89. The minimum atomic E-state index is -4.30. The third-order valence-electron chi connectivity index (χ3n) is 2.72. The molecule has 17 heavy (non-hydrogen) atoms. The van der Waals surface area contributed by atoms with Crippen molar-refractivity contribution in [1.82, 2.24) is 4.31 Å². The molecule has 1 aliphatic rings. The van der Waals surface area contributed by atoms with Gasteiger partial charge >= 0.3 is 6.18 Å². The van der Waals surface area contributed by atoms with Gasteiger partial charge in [0.2, 0.25) is 10.0 Å². The second-order valence-corrected chi connectivity index (χ2v) is 6.45. The second kappa shape index (κ2) is 5.75. The highest BCUT2D eigenvalue weighted by atomic mass is 35.5. The molecular weight excluding hydrogens is 279 g/mol. The number of rotatable bonds is 5. The highest BCUT2D eigenvalue weighted by Crippen LogP contribution is 2.25. The standard InChI is InChI=1S/C9H15ClF3NO2S/c10-7-8-3-1-5-14(8)17(15,16)6-2-4-9(11,12)13/h8H,1-7H2. The van der Waals surface area contributed by atoms with E-state index in [1.165, 1.54) is 4.31 Å². The van der Waals surface area contributed by atoms with Crippen LogP contribution in [0, 0.1) is 0 Å². The van der Waals surface area contributed by atoms with Crippen LogP contribution in [0.25, 0.3) is 0 Å². The third kappa shape index (κ3) is 4.63. The lowest BCUT2D eigenvalue weighted by Gasteiger charge is -2.22. The van der Waals surface area contributed by atoms with Gasteiger partial charge in [0.25, 0.3) is 0 Å². The van der Waals surface area contributed by atoms with Crippen LogP contribution < -0.4 is 0 Å². The zero-order valence-electron chi connectivity index (χ0n) is 9.21. The van der Waals surface area contributed by atoms with Gasteiger partial charge in [-0.15, -0.1) is 11.6 Å². The summed E-state index contributed by atoms with van der Waals surface area (Å²) in [5.41, 5.74) is 0. The minimum Gasteiger partial charge on any atom is -0.212 e. The molecule has 1 atom stereocenters. The van der Waals surface area contributed by atoms with Crippen molar-refractivity contribution in [2.24, 2.45) is 0 Å². The Morgan fingerprint density at radius 1 is 1.35 bits per heavy atom. The lowest BCUT2D eigenvalue weighted by atomic mass is 10.3. The summed E-state index contributed by atoms with van der Waals surface area (Å²) in [6.45, 7) is 0.367. The molecule has 1 saturated heterocycles. The molecule has 0 aliphatic carbocycles. The first-order valence-electron chi connectivity index (χ1n) is 5.38. The summed E-state index contributed by atoms with van der Waals surface area (Å²) in [6.07, 6.45) is -4.35. The summed E-state index contributed by atoms with van der Waals surface area (Å²) in [6, 6.07) is -0.257. The van der Waals surface area contributed by atoms with Crippen molar-refractivity contribution in [2.45, 2.75) is 37.9 Å². The Balaban J connectivity index is 2.51. The van der Waals surface area contributed by atoms with Crippen molar-refractivity contribution in [3.8, 4) is 0 Å². The Labute approximate surface area is 104 Å². The van der Waals surface area contributed by atoms with Gasteiger partial charge in [-0.25, -0.2) is 8.42 Å².